The summed E-state index contributed by atoms with van der Waals surface area (Å²) in [6, 6.07) is 22.6. The van der Waals surface area contributed by atoms with Crippen LogP contribution in [-0.2, 0) is 6.42 Å². The molecule has 0 heterocycles. The van der Waals surface area contributed by atoms with Crippen LogP contribution in [0.4, 0.5) is 0 Å². The predicted octanol–water partition coefficient (Wildman–Crippen LogP) is 6.11. The molecule has 1 aliphatic carbocycles. The van der Waals surface area contributed by atoms with E-state index in [0.717, 1.165) is 12.8 Å². The lowest BCUT2D eigenvalue weighted by Gasteiger charge is -2.13. The van der Waals surface area contributed by atoms with Crippen LogP contribution in [0.15, 0.2) is 66.7 Å². The molecule has 4 aromatic rings. The molecule has 0 saturated carbocycles. The summed E-state index contributed by atoms with van der Waals surface area (Å²) >= 11 is 0. The number of benzene rings is 4. The highest BCUT2D eigenvalue weighted by Crippen LogP contribution is 2.31. The van der Waals surface area contributed by atoms with E-state index in [1.807, 2.05) is 0 Å². The van der Waals surface area contributed by atoms with Gasteiger partial charge in [-0.1, -0.05) is 42.5 Å². The highest BCUT2D eigenvalue weighted by Gasteiger charge is 2.07. The van der Waals surface area contributed by atoms with Crippen LogP contribution in [-0.4, -0.2) is 0 Å². The molecule has 0 fully saturated rings. The van der Waals surface area contributed by atoms with Crippen LogP contribution >= 0.6 is 0 Å². The first kappa shape index (κ1) is 12.0. The highest BCUT2D eigenvalue weighted by atomic mass is 14.1. The first-order chi connectivity index (χ1) is 10.9. The van der Waals surface area contributed by atoms with E-state index in [1.165, 1.54) is 43.4 Å². The molecule has 22 heavy (non-hydrogen) atoms. The Kier molecular flexibility index (Phi) is 2.42. The van der Waals surface area contributed by atoms with Crippen molar-refractivity contribution in [3.05, 3.63) is 77.9 Å². The Labute approximate surface area is 129 Å². The van der Waals surface area contributed by atoms with Crippen molar-refractivity contribution in [1.82, 2.24) is 0 Å². The zero-order valence-corrected chi connectivity index (χ0v) is 12.3. The van der Waals surface area contributed by atoms with E-state index in [-0.39, 0.29) is 0 Å². The second-order valence-corrected chi connectivity index (χ2v) is 6.24. The summed E-state index contributed by atoms with van der Waals surface area (Å²) < 4.78 is 0. The van der Waals surface area contributed by atoms with Crippen molar-refractivity contribution in [2.75, 3.05) is 0 Å². The molecule has 0 amide bonds. The molecule has 0 aliphatic heterocycles. The van der Waals surface area contributed by atoms with Crippen molar-refractivity contribution < 1.29 is 0 Å². The lowest BCUT2D eigenvalue weighted by molar-refractivity contribution is 0.989. The second-order valence-electron chi connectivity index (χ2n) is 6.24. The summed E-state index contributed by atoms with van der Waals surface area (Å²) in [5.41, 5.74) is 2.87. The quantitative estimate of drug-likeness (QED) is 0.341. The predicted molar refractivity (Wildman–Crippen MR) is 96.3 cm³/mol. The van der Waals surface area contributed by atoms with E-state index in [2.05, 4.69) is 72.8 Å². The molecule has 5 rings (SSSR count). The summed E-state index contributed by atoms with van der Waals surface area (Å²) in [5, 5.41) is 7.98. The molecule has 0 spiro atoms. The Hall–Kier alpha value is -2.60. The second kappa shape index (κ2) is 4.45. The highest BCUT2D eigenvalue weighted by molar-refractivity contribution is 6.05. The number of allylic oxidation sites excluding steroid dienone is 1. The van der Waals surface area contributed by atoms with Crippen molar-refractivity contribution in [3.63, 3.8) is 0 Å². The van der Waals surface area contributed by atoms with Gasteiger partial charge in [-0.15, -0.1) is 0 Å². The van der Waals surface area contributed by atoms with Crippen LogP contribution in [0.2, 0.25) is 0 Å². The maximum atomic E-state index is 2.38. The first-order valence-electron chi connectivity index (χ1n) is 7.93. The number of hydrogen-bond acceptors (Lipinski definition) is 0. The van der Waals surface area contributed by atoms with Gasteiger partial charge in [0.2, 0.25) is 0 Å². The number of aryl methyl sites for hydroxylation is 1. The van der Waals surface area contributed by atoms with E-state index >= 15 is 0 Å². The van der Waals surface area contributed by atoms with Crippen LogP contribution in [0.25, 0.3) is 38.4 Å². The topological polar surface area (TPSA) is 0 Å². The molecular weight excluding hydrogens is 264 g/mol. The van der Waals surface area contributed by atoms with Gasteiger partial charge in [0, 0.05) is 0 Å². The molecule has 4 aromatic carbocycles. The van der Waals surface area contributed by atoms with Crippen molar-refractivity contribution >= 4 is 38.4 Å². The van der Waals surface area contributed by atoms with E-state index < -0.39 is 0 Å². The fourth-order valence-electron chi connectivity index (χ4n) is 3.63. The fraction of sp³-hybridized carbons (Fsp3) is 0.0909. The number of hydrogen-bond donors (Lipinski definition) is 0. The van der Waals surface area contributed by atoms with Gasteiger partial charge in [0.05, 0.1) is 0 Å². The molecule has 0 unspecified atom stereocenters. The monoisotopic (exact) mass is 280 g/mol. The average Bonchev–Trinajstić information content (AvgIpc) is 2.56. The zero-order valence-electron chi connectivity index (χ0n) is 12.3. The van der Waals surface area contributed by atoms with Gasteiger partial charge >= 0.3 is 0 Å². The van der Waals surface area contributed by atoms with Gasteiger partial charge in [0.1, 0.15) is 0 Å². The molecule has 0 bridgehead atoms. The van der Waals surface area contributed by atoms with Crippen LogP contribution in [0.5, 0.6) is 0 Å². The molecule has 0 N–H and O–H groups in total. The van der Waals surface area contributed by atoms with Gasteiger partial charge in [0.15, 0.2) is 0 Å². The third-order valence-corrected chi connectivity index (χ3v) is 4.80. The lowest BCUT2D eigenvalue weighted by atomic mass is 9.92. The summed E-state index contributed by atoms with van der Waals surface area (Å²) in [7, 11) is 0. The Balaban J connectivity index is 1.87. The Morgan fingerprint density at radius 3 is 1.91 bits per heavy atom. The van der Waals surface area contributed by atoms with Gasteiger partial charge in [-0.05, 0) is 86.6 Å². The molecule has 0 nitrogen and oxygen atoms in total. The van der Waals surface area contributed by atoms with Crippen molar-refractivity contribution in [1.29, 1.82) is 0 Å². The van der Waals surface area contributed by atoms with Crippen LogP contribution in [0.3, 0.4) is 0 Å². The third kappa shape index (κ3) is 1.77. The number of rotatable bonds is 0. The van der Waals surface area contributed by atoms with E-state index in [9.17, 15) is 0 Å². The van der Waals surface area contributed by atoms with Crippen molar-refractivity contribution in [2.24, 2.45) is 0 Å². The molecule has 0 radical (unpaired) electrons. The molecule has 1 aliphatic rings. The standard InChI is InChI=1S/C22H16/c1-2-6-16-10-20-14-22-12-18-8-4-3-7-17(18)11-21(22)13-19(20)9-15(16)5-1/h1-3,5-7,9-14H,4,8H2. The summed E-state index contributed by atoms with van der Waals surface area (Å²) in [6.45, 7) is 0. The largest absolute Gasteiger partial charge is 0.0836 e. The Morgan fingerprint density at radius 1 is 0.591 bits per heavy atom. The summed E-state index contributed by atoms with van der Waals surface area (Å²) in [5.74, 6) is 0. The normalized spacial score (nSPS) is 13.8. The molecule has 0 aromatic heterocycles. The third-order valence-electron chi connectivity index (χ3n) is 4.80. The fourth-order valence-corrected chi connectivity index (χ4v) is 3.63. The van der Waals surface area contributed by atoms with Gasteiger partial charge in [-0.3, -0.25) is 0 Å². The van der Waals surface area contributed by atoms with Crippen LogP contribution in [0.1, 0.15) is 17.5 Å². The Morgan fingerprint density at radius 2 is 1.18 bits per heavy atom. The number of fused-ring (bicyclic) bond motifs is 4. The van der Waals surface area contributed by atoms with E-state index in [4.69, 9.17) is 0 Å². The Bertz CT molecular complexity index is 1070. The smallest absolute Gasteiger partial charge is 0.0171 e. The molecular formula is C22H16. The molecule has 104 valence electrons. The zero-order chi connectivity index (χ0) is 14.5. The van der Waals surface area contributed by atoms with Crippen LogP contribution in [0, 0.1) is 0 Å². The van der Waals surface area contributed by atoms with Gasteiger partial charge in [-0.25, -0.2) is 0 Å². The summed E-state index contributed by atoms with van der Waals surface area (Å²) in [6.07, 6.45) is 6.87. The van der Waals surface area contributed by atoms with Crippen molar-refractivity contribution in [3.8, 4) is 0 Å². The minimum atomic E-state index is 1.16. The average molecular weight is 280 g/mol. The van der Waals surface area contributed by atoms with Crippen molar-refractivity contribution in [2.45, 2.75) is 12.8 Å². The van der Waals surface area contributed by atoms with E-state index in [1.54, 1.807) is 0 Å². The van der Waals surface area contributed by atoms with Gasteiger partial charge in [-0.2, -0.15) is 0 Å². The molecule has 0 heteroatoms. The maximum Gasteiger partial charge on any atom is -0.0171 e. The molecule has 0 saturated heterocycles. The first-order valence-corrected chi connectivity index (χ1v) is 7.93. The maximum absolute atomic E-state index is 2.38. The van der Waals surface area contributed by atoms with Gasteiger partial charge < -0.3 is 0 Å². The van der Waals surface area contributed by atoms with Crippen LogP contribution < -0.4 is 0 Å². The lowest BCUT2D eigenvalue weighted by Crippen LogP contribution is -1.93. The molecule has 0 atom stereocenters. The minimum absolute atomic E-state index is 1.16. The van der Waals surface area contributed by atoms with Gasteiger partial charge in [0.25, 0.3) is 0 Å². The SMILES string of the molecule is C1=Cc2cc3cc4cc5ccccc5cc4cc3cc2CC1. The summed E-state index contributed by atoms with van der Waals surface area (Å²) in [4.78, 5) is 0. The van der Waals surface area contributed by atoms with E-state index in [0.29, 0.717) is 0 Å². The minimum Gasteiger partial charge on any atom is -0.0836 e.